The molecule has 558 valence electrons. The van der Waals surface area contributed by atoms with E-state index < -0.39 is 88.2 Å². The molecule has 5 N–H and O–H groups in total. The van der Waals surface area contributed by atoms with Gasteiger partial charge in [-0.3, -0.25) is 33.8 Å². The zero-order chi connectivity index (χ0) is 73.9. The molecule has 4 aliphatic carbocycles. The van der Waals surface area contributed by atoms with Gasteiger partial charge in [-0.15, -0.1) is 23.1 Å². The fourth-order valence-corrected chi connectivity index (χ4v) is 19.7. The summed E-state index contributed by atoms with van der Waals surface area (Å²) in [5.41, 5.74) is 3.06. The zero-order valence-electron chi connectivity index (χ0n) is 60.1. The van der Waals surface area contributed by atoms with Crippen LogP contribution in [0.4, 0.5) is 24.5 Å². The van der Waals surface area contributed by atoms with Crippen molar-refractivity contribution in [3.8, 4) is 10.4 Å². The Morgan fingerprint density at radius 3 is 2.12 bits per heavy atom. The first-order chi connectivity index (χ1) is 48.7. The topological polar surface area (TPSA) is 251 Å². The first kappa shape index (κ1) is 77.2. The highest BCUT2D eigenvalue weighted by atomic mass is 32.2. The number of aryl methyl sites for hydroxylation is 1. The molecule has 3 aliphatic heterocycles. The number of likely N-dealkylation sites (tertiary alicyclic amines) is 1. The number of aliphatic hydroxyl groups is 1. The van der Waals surface area contributed by atoms with Gasteiger partial charge in [0.15, 0.2) is 0 Å². The van der Waals surface area contributed by atoms with Crippen molar-refractivity contribution in [2.24, 2.45) is 21.7 Å². The van der Waals surface area contributed by atoms with Crippen LogP contribution in [0.25, 0.3) is 10.4 Å². The molecule has 6 fully saturated rings. The maximum Gasteiger partial charge on any atom is 0.501 e. The Labute approximate surface area is 612 Å². The molecule has 12 rings (SSSR count). The van der Waals surface area contributed by atoms with Crippen molar-refractivity contribution in [2.75, 3.05) is 88.0 Å². The molecule has 27 heteroatoms. The largest absolute Gasteiger partial charge is 0.501 e. The summed E-state index contributed by atoms with van der Waals surface area (Å²) in [4.78, 5) is 82.4. The highest BCUT2D eigenvalue weighted by molar-refractivity contribution is 7.99. The van der Waals surface area contributed by atoms with E-state index in [1.807, 2.05) is 87.0 Å². The quantitative estimate of drug-likeness (QED) is 0.0177. The maximum atomic E-state index is 14.6. The van der Waals surface area contributed by atoms with Gasteiger partial charge in [-0.1, -0.05) is 102 Å². The molecule has 7 aliphatic rings. The van der Waals surface area contributed by atoms with Gasteiger partial charge in [0.25, 0.3) is 25.8 Å². The van der Waals surface area contributed by atoms with Gasteiger partial charge in [-0.05, 0) is 152 Å². The normalized spacial score (nSPS) is 22.4. The maximum absolute atomic E-state index is 14.6. The van der Waals surface area contributed by atoms with E-state index in [0.29, 0.717) is 80.7 Å². The second-order valence-corrected chi connectivity index (χ2v) is 36.9. The number of carbonyl (C=O) groups is 5. The summed E-state index contributed by atoms with van der Waals surface area (Å²) in [6, 6.07) is 23.3. The SMILES string of the molecule is Cc1ncsc1-c1ccc(CNC(=O)[C@@H]2C[C@@H](O)CN2C(=O)[C@@H](NC(=O)CCCCCC(=O)N2CCN(CC[C@H](CSc3ccccc3)Nc3ccc(S(=O)(=O)NC(=O)c4ccc(N5CCN(CC6=C(C78CC(C)(C7)C8)CC(C)(C)CC6)CC5)cc4)cc3S(=O)(=O)C(F)(F)F)CC2)C(C)(C)C)cc1. The van der Waals surface area contributed by atoms with Crippen LogP contribution in [0.1, 0.15) is 147 Å². The Morgan fingerprint density at radius 1 is 0.806 bits per heavy atom. The van der Waals surface area contributed by atoms with E-state index in [1.54, 1.807) is 45.0 Å². The van der Waals surface area contributed by atoms with Gasteiger partial charge in [0, 0.05) is 126 Å². The molecule has 0 spiro atoms. The highest BCUT2D eigenvalue weighted by Crippen LogP contribution is 2.77. The number of β-amino-alcohol motifs (C(OH)–C–C–N with tert-alkyl or cyclic N) is 1. The average molecular weight is 1500 g/mol. The summed E-state index contributed by atoms with van der Waals surface area (Å²) in [5, 5.41) is 19.5. The minimum absolute atomic E-state index is 0.0183. The number of amides is 5. The smallest absolute Gasteiger partial charge is 0.391 e. The molecule has 5 aromatic rings. The Kier molecular flexibility index (Phi) is 23.7. The Hall–Kier alpha value is -6.88. The van der Waals surface area contributed by atoms with Crippen molar-refractivity contribution in [3.63, 3.8) is 0 Å². The molecular weight excluding hydrogens is 1400 g/mol. The molecule has 4 heterocycles. The van der Waals surface area contributed by atoms with E-state index in [1.165, 1.54) is 60.9 Å². The van der Waals surface area contributed by atoms with Gasteiger partial charge in [0.1, 0.15) is 17.0 Å². The van der Waals surface area contributed by atoms with Crippen LogP contribution in [0, 0.1) is 28.6 Å². The molecule has 103 heavy (non-hydrogen) atoms. The van der Waals surface area contributed by atoms with Crippen molar-refractivity contribution in [1.82, 2.24) is 39.9 Å². The highest BCUT2D eigenvalue weighted by Gasteiger charge is 2.67. The van der Waals surface area contributed by atoms with Crippen molar-refractivity contribution in [2.45, 2.75) is 183 Å². The van der Waals surface area contributed by atoms with Crippen molar-refractivity contribution >= 4 is 83.9 Å². The summed E-state index contributed by atoms with van der Waals surface area (Å²) in [6.07, 6.45) is 8.78. The predicted molar refractivity (Wildman–Crippen MR) is 395 cm³/mol. The molecular formula is C76H99F3N10O10S4. The molecule has 4 atom stereocenters. The summed E-state index contributed by atoms with van der Waals surface area (Å²) in [5.74, 6) is -2.05. The van der Waals surface area contributed by atoms with Crippen LogP contribution in [0.5, 0.6) is 0 Å². The van der Waals surface area contributed by atoms with E-state index in [2.05, 4.69) is 56.4 Å². The van der Waals surface area contributed by atoms with Gasteiger partial charge in [-0.25, -0.2) is 26.5 Å². The van der Waals surface area contributed by atoms with E-state index in [9.17, 15) is 59.1 Å². The van der Waals surface area contributed by atoms with Crippen LogP contribution in [-0.4, -0.2) is 184 Å². The second-order valence-electron chi connectivity index (χ2n) is 31.4. The predicted octanol–water partition coefficient (Wildman–Crippen LogP) is 11.2. The van der Waals surface area contributed by atoms with E-state index >= 15 is 0 Å². The molecule has 3 saturated heterocycles. The van der Waals surface area contributed by atoms with Crippen LogP contribution in [0.3, 0.4) is 0 Å². The third kappa shape index (κ3) is 18.7. The van der Waals surface area contributed by atoms with E-state index in [0.717, 1.165) is 83.6 Å². The number of piperazine rings is 2. The average Bonchev–Trinajstić information content (AvgIpc) is 0.968. The number of halogens is 3. The van der Waals surface area contributed by atoms with Gasteiger partial charge < -0.3 is 35.8 Å². The van der Waals surface area contributed by atoms with Crippen molar-refractivity contribution in [1.29, 1.82) is 0 Å². The molecule has 20 nitrogen and oxygen atoms in total. The standard InChI is InChI=1S/C76H99F3N10O10S4/c1-51-67(101-50-81-51)53-20-18-52(19-21-53)43-80-70(94)63-40-58(90)45-89(63)71(95)68(72(2,3)4)83-65(91)16-12-9-13-17-66(92)88-38-32-85(33-39-88)31-29-56(46-100-59-14-10-8-11-15-59)82-62-27-26-60(41-64(62)102(96,97)76(77,78)79)103(98,99)84-69(93)54-22-24-57(25-23-54)87-36-34-86(35-37-87)44-55-28-30-73(5,6)42-61(55)75-47-74(7,48-75)49-75/h8,10-11,14-15,18-27,41,50,56,58,63,68,82,90H,9,12-13,16-17,28-40,42-49H2,1-7H3,(H,80,94)(H,83,91)(H,84,93)/t56-,58-,63+,68-,74?,75?/m1/s1. The lowest BCUT2D eigenvalue weighted by Crippen LogP contribution is -2.61. The molecule has 1 aromatic heterocycles. The van der Waals surface area contributed by atoms with Crippen molar-refractivity contribution < 1.29 is 59.1 Å². The number of aliphatic hydroxyl groups excluding tert-OH is 1. The number of nitrogens with one attached hydrogen (secondary N) is 4. The lowest BCUT2D eigenvalue weighted by molar-refractivity contribution is -0.167. The number of sulfonamides is 1. The summed E-state index contributed by atoms with van der Waals surface area (Å²) in [6.45, 7) is 21.2. The fraction of sp³-hybridized carbons (Fsp3) is 0.553. The van der Waals surface area contributed by atoms with Crippen LogP contribution in [-0.2, 0) is 45.6 Å². The lowest BCUT2D eigenvalue weighted by Gasteiger charge is -2.72. The molecule has 0 unspecified atom stereocenters. The number of alkyl halides is 3. The van der Waals surface area contributed by atoms with Gasteiger partial charge in [0.05, 0.1) is 32.8 Å². The van der Waals surface area contributed by atoms with Crippen molar-refractivity contribution in [3.05, 3.63) is 131 Å². The van der Waals surface area contributed by atoms with Crippen LogP contribution < -0.4 is 25.6 Å². The number of benzene rings is 4. The van der Waals surface area contributed by atoms with Crippen LogP contribution in [0.2, 0.25) is 0 Å². The fourth-order valence-electron chi connectivity index (χ4n) is 15.9. The summed E-state index contributed by atoms with van der Waals surface area (Å²) in [7, 11) is -11.1. The number of aromatic nitrogens is 1. The number of nitrogens with zero attached hydrogens (tertiary/aromatic N) is 6. The number of rotatable bonds is 28. The van der Waals surface area contributed by atoms with Gasteiger partial charge >= 0.3 is 5.51 Å². The van der Waals surface area contributed by atoms with Crippen LogP contribution >= 0.6 is 23.1 Å². The number of anilines is 2. The molecule has 3 saturated carbocycles. The molecule has 0 radical (unpaired) electrons. The monoisotopic (exact) mass is 1500 g/mol. The lowest BCUT2D eigenvalue weighted by atomic mass is 9.33. The second kappa shape index (κ2) is 31.7. The Balaban J connectivity index is 0.638. The minimum Gasteiger partial charge on any atom is -0.391 e. The first-order valence-electron chi connectivity index (χ1n) is 36.0. The van der Waals surface area contributed by atoms with Gasteiger partial charge in [-0.2, -0.15) is 13.2 Å². The number of hydrogen-bond acceptors (Lipinski definition) is 17. The number of thiazole rings is 1. The summed E-state index contributed by atoms with van der Waals surface area (Å²) >= 11 is 2.95. The van der Waals surface area contributed by atoms with Crippen LogP contribution in [0.15, 0.2) is 128 Å². The Morgan fingerprint density at radius 2 is 1.48 bits per heavy atom. The molecule has 4 aromatic carbocycles. The summed E-state index contributed by atoms with van der Waals surface area (Å²) < 4.78 is 100. The molecule has 5 amide bonds. The number of sulfone groups is 1. The van der Waals surface area contributed by atoms with E-state index in [-0.39, 0.29) is 55.5 Å². The molecule has 2 bridgehead atoms. The Bertz CT molecular complexity index is 4130. The number of carbonyl (C=O) groups excluding carboxylic acids is 5. The third-order valence-electron chi connectivity index (χ3n) is 21.6. The number of unbranched alkanes of at least 4 members (excludes halogenated alkanes) is 2. The third-order valence-corrected chi connectivity index (χ3v) is 26.6. The zero-order valence-corrected chi connectivity index (χ0v) is 63.3. The number of allylic oxidation sites excluding steroid dienone is 1. The minimum atomic E-state index is -6.17. The first-order valence-corrected chi connectivity index (χ1v) is 40.8. The van der Waals surface area contributed by atoms with E-state index in [4.69, 9.17) is 0 Å². The number of thioether (sulfide) groups is 1. The van der Waals surface area contributed by atoms with Gasteiger partial charge in [0.2, 0.25) is 23.6 Å². The number of hydrogen-bond donors (Lipinski definition) is 5.